The smallest absolute Gasteiger partial charge is 0.251 e. The van der Waals surface area contributed by atoms with Gasteiger partial charge in [-0.05, 0) is 42.5 Å². The number of aromatic nitrogens is 3. The van der Waals surface area contributed by atoms with Crippen molar-refractivity contribution in [2.24, 2.45) is 0 Å². The molecule has 0 bridgehead atoms. The van der Waals surface area contributed by atoms with Gasteiger partial charge in [0.2, 0.25) is 0 Å². The molecule has 37 heavy (non-hydrogen) atoms. The zero-order valence-corrected chi connectivity index (χ0v) is 21.0. The second kappa shape index (κ2) is 9.83. The first kappa shape index (κ1) is 24.7. The Balaban J connectivity index is 1.37. The number of halogens is 1. The number of carbonyl (C=O) groups excluding carboxylic acids is 1. The minimum Gasteiger partial charge on any atom is -0.376 e. The highest BCUT2D eigenvalue weighted by Gasteiger charge is 2.27. The number of rotatable bonds is 5. The van der Waals surface area contributed by atoms with Crippen LogP contribution in [-0.4, -0.2) is 55.7 Å². The van der Waals surface area contributed by atoms with Crippen molar-refractivity contribution in [2.75, 3.05) is 31.4 Å². The van der Waals surface area contributed by atoms with Crippen LogP contribution in [0.5, 0.6) is 0 Å². The molecule has 9 nitrogen and oxygen atoms in total. The molecule has 0 atom stereocenters. The third kappa shape index (κ3) is 5.13. The number of nitrogens with one attached hydrogen (secondary N) is 1. The summed E-state index contributed by atoms with van der Waals surface area (Å²) in [6.07, 6.45) is 1.66. The SMILES string of the molecule is CN(C)c1cccc(-c2ccc3cnc(CNC(=O)c4cc(F)c5c(c4)S(=O)(=O)CCOC5)cc3n2)n1. The molecule has 4 heterocycles. The lowest BCUT2D eigenvalue weighted by molar-refractivity contribution is 0.0949. The maximum atomic E-state index is 14.6. The van der Waals surface area contributed by atoms with Crippen LogP contribution in [0.4, 0.5) is 10.2 Å². The number of anilines is 1. The zero-order chi connectivity index (χ0) is 26.2. The van der Waals surface area contributed by atoms with Crippen LogP contribution in [0.15, 0.2) is 59.6 Å². The van der Waals surface area contributed by atoms with Crippen molar-refractivity contribution in [1.29, 1.82) is 0 Å². The predicted molar refractivity (Wildman–Crippen MR) is 136 cm³/mol. The van der Waals surface area contributed by atoms with E-state index in [4.69, 9.17) is 9.72 Å². The molecule has 1 N–H and O–H groups in total. The maximum absolute atomic E-state index is 14.6. The summed E-state index contributed by atoms with van der Waals surface area (Å²) in [5.74, 6) is -0.863. The van der Waals surface area contributed by atoms with Crippen molar-refractivity contribution in [3.05, 3.63) is 77.4 Å². The van der Waals surface area contributed by atoms with Gasteiger partial charge in [0.05, 0.1) is 53.0 Å². The largest absolute Gasteiger partial charge is 0.376 e. The second-order valence-electron chi connectivity index (χ2n) is 8.83. The van der Waals surface area contributed by atoms with E-state index in [1.54, 1.807) is 12.3 Å². The van der Waals surface area contributed by atoms with Crippen LogP contribution in [0, 0.1) is 5.82 Å². The molecule has 1 aromatic carbocycles. The summed E-state index contributed by atoms with van der Waals surface area (Å²) in [5, 5.41) is 3.51. The molecular weight excluding hydrogens is 497 g/mol. The Bertz CT molecular complexity index is 1630. The molecule has 0 unspecified atom stereocenters. The Labute approximate surface area is 213 Å². The van der Waals surface area contributed by atoms with Crippen molar-refractivity contribution in [2.45, 2.75) is 18.0 Å². The van der Waals surface area contributed by atoms with E-state index in [9.17, 15) is 17.6 Å². The molecule has 0 aliphatic carbocycles. The maximum Gasteiger partial charge on any atom is 0.251 e. The lowest BCUT2D eigenvalue weighted by Gasteiger charge is -2.12. The Morgan fingerprint density at radius 1 is 1.11 bits per heavy atom. The van der Waals surface area contributed by atoms with Gasteiger partial charge in [0.25, 0.3) is 5.91 Å². The summed E-state index contributed by atoms with van der Waals surface area (Å²) in [6, 6.07) is 13.5. The lowest BCUT2D eigenvalue weighted by atomic mass is 10.1. The number of fused-ring (bicyclic) bond motifs is 2. The third-order valence-corrected chi connectivity index (χ3v) is 7.75. The quantitative estimate of drug-likeness (QED) is 0.426. The van der Waals surface area contributed by atoms with E-state index in [0.29, 0.717) is 16.9 Å². The van der Waals surface area contributed by atoms with Crippen LogP contribution in [0.25, 0.3) is 22.3 Å². The van der Waals surface area contributed by atoms with E-state index in [-0.39, 0.29) is 41.5 Å². The first-order chi connectivity index (χ1) is 17.7. The van der Waals surface area contributed by atoms with Gasteiger partial charge in [0, 0.05) is 36.8 Å². The Hall–Kier alpha value is -3.96. The summed E-state index contributed by atoms with van der Waals surface area (Å²) in [7, 11) is 0.0758. The number of amides is 1. The van der Waals surface area contributed by atoms with Gasteiger partial charge in [-0.3, -0.25) is 9.78 Å². The van der Waals surface area contributed by atoms with Crippen LogP contribution >= 0.6 is 0 Å². The molecule has 5 rings (SSSR count). The molecule has 1 aliphatic heterocycles. The van der Waals surface area contributed by atoms with Gasteiger partial charge in [-0.15, -0.1) is 0 Å². The average molecular weight is 522 g/mol. The fraction of sp³-hybridized carbons (Fsp3) is 0.231. The molecule has 0 saturated heterocycles. The molecular formula is C26H24FN5O4S. The summed E-state index contributed by atoms with van der Waals surface area (Å²) in [5.41, 5.74) is 2.49. The van der Waals surface area contributed by atoms with E-state index in [0.717, 1.165) is 23.0 Å². The van der Waals surface area contributed by atoms with Crippen LogP contribution in [-0.2, 0) is 27.7 Å². The molecule has 0 fully saturated rings. The van der Waals surface area contributed by atoms with E-state index in [1.165, 1.54) is 6.07 Å². The first-order valence-electron chi connectivity index (χ1n) is 11.5. The van der Waals surface area contributed by atoms with Gasteiger partial charge in [-0.1, -0.05) is 6.07 Å². The monoisotopic (exact) mass is 521 g/mol. The number of sulfone groups is 1. The molecule has 0 radical (unpaired) electrons. The normalized spacial score (nSPS) is 14.6. The van der Waals surface area contributed by atoms with E-state index < -0.39 is 21.6 Å². The second-order valence-corrected chi connectivity index (χ2v) is 10.9. The highest BCUT2D eigenvalue weighted by molar-refractivity contribution is 7.91. The Morgan fingerprint density at radius 3 is 2.73 bits per heavy atom. The highest BCUT2D eigenvalue weighted by atomic mass is 32.2. The van der Waals surface area contributed by atoms with Crippen LogP contribution in [0.2, 0.25) is 0 Å². The first-order valence-corrected chi connectivity index (χ1v) is 13.2. The Morgan fingerprint density at radius 2 is 1.92 bits per heavy atom. The lowest BCUT2D eigenvalue weighted by Crippen LogP contribution is -2.24. The summed E-state index contributed by atoms with van der Waals surface area (Å²) in [4.78, 5) is 28.2. The van der Waals surface area contributed by atoms with Crippen molar-refractivity contribution in [3.8, 4) is 11.4 Å². The predicted octanol–water partition coefficient (Wildman–Crippen LogP) is 3.13. The standard InChI is InChI=1S/C26H24FN5O4S/c1-32(2)25-5-3-4-21(31-25)22-7-6-16-13-28-18(12-23(16)30-22)14-29-26(33)17-10-20(27)19-15-36-8-9-37(34,35)24(19)11-17/h3-7,10-13H,8-9,14-15H2,1-2H3,(H,29,33). The minimum atomic E-state index is -3.76. The minimum absolute atomic E-state index is 0.0293. The van der Waals surface area contributed by atoms with Gasteiger partial charge >= 0.3 is 0 Å². The molecule has 1 amide bonds. The van der Waals surface area contributed by atoms with E-state index in [2.05, 4.69) is 15.3 Å². The topological polar surface area (TPSA) is 114 Å². The molecule has 1 aliphatic rings. The number of carbonyl (C=O) groups is 1. The van der Waals surface area contributed by atoms with Gasteiger partial charge in [-0.2, -0.15) is 0 Å². The number of benzene rings is 1. The van der Waals surface area contributed by atoms with Gasteiger partial charge in [0.15, 0.2) is 9.84 Å². The summed E-state index contributed by atoms with van der Waals surface area (Å²) in [6.45, 7) is -0.143. The average Bonchev–Trinajstić information content (AvgIpc) is 3.04. The van der Waals surface area contributed by atoms with Crippen molar-refractivity contribution >= 4 is 32.5 Å². The fourth-order valence-corrected chi connectivity index (χ4v) is 5.39. The van der Waals surface area contributed by atoms with Crippen molar-refractivity contribution in [1.82, 2.24) is 20.3 Å². The molecule has 0 saturated carbocycles. The summed E-state index contributed by atoms with van der Waals surface area (Å²) < 4.78 is 44.8. The molecule has 3 aromatic heterocycles. The van der Waals surface area contributed by atoms with Crippen molar-refractivity contribution in [3.63, 3.8) is 0 Å². The van der Waals surface area contributed by atoms with Crippen LogP contribution in [0.1, 0.15) is 21.6 Å². The Kier molecular flexibility index (Phi) is 6.57. The number of nitrogens with zero attached hydrogens (tertiary/aromatic N) is 4. The molecule has 4 aromatic rings. The van der Waals surface area contributed by atoms with Crippen molar-refractivity contribution < 1.29 is 22.3 Å². The number of hydrogen-bond donors (Lipinski definition) is 1. The number of ether oxygens (including phenoxy) is 1. The van der Waals surface area contributed by atoms with Crippen LogP contribution < -0.4 is 10.2 Å². The third-order valence-electron chi connectivity index (χ3n) is 6.01. The fourth-order valence-electron chi connectivity index (χ4n) is 4.00. The molecule has 190 valence electrons. The highest BCUT2D eigenvalue weighted by Crippen LogP contribution is 2.26. The molecule has 11 heteroatoms. The van der Waals surface area contributed by atoms with E-state index in [1.807, 2.05) is 49.3 Å². The zero-order valence-electron chi connectivity index (χ0n) is 20.2. The van der Waals surface area contributed by atoms with Gasteiger partial charge < -0.3 is 15.0 Å². The van der Waals surface area contributed by atoms with Gasteiger partial charge in [-0.25, -0.2) is 22.8 Å². The van der Waals surface area contributed by atoms with Gasteiger partial charge in [0.1, 0.15) is 11.6 Å². The van der Waals surface area contributed by atoms with Crippen LogP contribution in [0.3, 0.4) is 0 Å². The number of hydrogen-bond acceptors (Lipinski definition) is 8. The van der Waals surface area contributed by atoms with E-state index >= 15 is 0 Å². The summed E-state index contributed by atoms with van der Waals surface area (Å²) >= 11 is 0. The molecule has 0 spiro atoms. The number of pyridine rings is 3.